The molecule has 0 saturated carbocycles. The molecule has 1 amide bonds. The summed E-state index contributed by atoms with van der Waals surface area (Å²) in [6, 6.07) is 3.77. The summed E-state index contributed by atoms with van der Waals surface area (Å²) in [6.45, 7) is 4.16. The molecule has 1 aliphatic heterocycles. The molecular formula is C15H23NO3. The Morgan fingerprint density at radius 3 is 3.05 bits per heavy atom. The van der Waals surface area contributed by atoms with Gasteiger partial charge in [0.2, 0.25) is 5.91 Å². The highest BCUT2D eigenvalue weighted by Crippen LogP contribution is 2.16. The lowest BCUT2D eigenvalue weighted by Crippen LogP contribution is -2.36. The van der Waals surface area contributed by atoms with Crippen molar-refractivity contribution in [1.29, 1.82) is 0 Å². The van der Waals surface area contributed by atoms with Gasteiger partial charge in [0.25, 0.3) is 0 Å². The molecule has 4 nitrogen and oxygen atoms in total. The minimum absolute atomic E-state index is 0.195. The molecule has 0 aliphatic carbocycles. The van der Waals surface area contributed by atoms with Gasteiger partial charge in [0, 0.05) is 19.6 Å². The van der Waals surface area contributed by atoms with E-state index in [4.69, 9.17) is 9.15 Å². The lowest BCUT2D eigenvalue weighted by molar-refractivity contribution is -0.133. The maximum Gasteiger partial charge on any atom is 0.223 e. The molecule has 1 aliphatic rings. The SMILES string of the molecule is CCCCC(=O)N(Cc1ccco1)C[C@@H]1CCCO1. The zero-order valence-electron chi connectivity index (χ0n) is 11.6. The number of amides is 1. The van der Waals surface area contributed by atoms with Crippen molar-refractivity contribution in [3.05, 3.63) is 24.2 Å². The summed E-state index contributed by atoms with van der Waals surface area (Å²) in [7, 11) is 0. The van der Waals surface area contributed by atoms with Crippen molar-refractivity contribution in [2.24, 2.45) is 0 Å². The highest BCUT2D eigenvalue weighted by molar-refractivity contribution is 5.76. The first kappa shape index (κ1) is 14.1. The van der Waals surface area contributed by atoms with Crippen LogP contribution in [0.1, 0.15) is 44.8 Å². The average Bonchev–Trinajstić information content (AvgIpc) is 3.08. The Kier molecular flexibility index (Phi) is 5.45. The molecule has 4 heteroatoms. The fourth-order valence-electron chi connectivity index (χ4n) is 2.37. The van der Waals surface area contributed by atoms with Crippen molar-refractivity contribution >= 4 is 5.91 Å². The molecule has 0 N–H and O–H groups in total. The van der Waals surface area contributed by atoms with Crippen molar-refractivity contribution in [2.45, 2.75) is 51.7 Å². The third kappa shape index (κ3) is 4.39. The second kappa shape index (κ2) is 7.34. The normalized spacial score (nSPS) is 18.7. The van der Waals surface area contributed by atoms with Gasteiger partial charge in [0.15, 0.2) is 0 Å². The van der Waals surface area contributed by atoms with E-state index in [0.29, 0.717) is 19.5 Å². The van der Waals surface area contributed by atoms with Crippen LogP contribution in [-0.4, -0.2) is 30.1 Å². The first-order valence-electron chi connectivity index (χ1n) is 7.21. The second-order valence-electron chi connectivity index (χ2n) is 5.09. The fourth-order valence-corrected chi connectivity index (χ4v) is 2.37. The van der Waals surface area contributed by atoms with E-state index in [2.05, 4.69) is 6.92 Å². The minimum atomic E-state index is 0.195. The smallest absolute Gasteiger partial charge is 0.223 e. The Balaban J connectivity index is 1.92. The summed E-state index contributed by atoms with van der Waals surface area (Å²) < 4.78 is 11.0. The number of unbranched alkanes of at least 4 members (excludes halogenated alkanes) is 1. The van der Waals surface area contributed by atoms with Gasteiger partial charge >= 0.3 is 0 Å². The number of rotatable bonds is 7. The quantitative estimate of drug-likeness (QED) is 0.761. The Labute approximate surface area is 114 Å². The lowest BCUT2D eigenvalue weighted by Gasteiger charge is -2.24. The third-order valence-corrected chi connectivity index (χ3v) is 3.47. The summed E-state index contributed by atoms with van der Waals surface area (Å²) in [5.41, 5.74) is 0. The number of carbonyl (C=O) groups excluding carboxylic acids is 1. The predicted molar refractivity (Wildman–Crippen MR) is 72.6 cm³/mol. The van der Waals surface area contributed by atoms with E-state index in [1.165, 1.54) is 0 Å². The number of furan rings is 1. The zero-order chi connectivity index (χ0) is 13.5. The van der Waals surface area contributed by atoms with E-state index < -0.39 is 0 Å². The van der Waals surface area contributed by atoms with Crippen molar-refractivity contribution in [3.63, 3.8) is 0 Å². The molecule has 1 atom stereocenters. The van der Waals surface area contributed by atoms with Crippen molar-refractivity contribution in [2.75, 3.05) is 13.2 Å². The maximum atomic E-state index is 12.2. The molecular weight excluding hydrogens is 242 g/mol. The summed E-state index contributed by atoms with van der Waals surface area (Å²) in [4.78, 5) is 14.1. The fraction of sp³-hybridized carbons (Fsp3) is 0.667. The third-order valence-electron chi connectivity index (χ3n) is 3.47. The first-order chi connectivity index (χ1) is 9.29. The van der Waals surface area contributed by atoms with Crippen LogP contribution in [0, 0.1) is 0 Å². The van der Waals surface area contributed by atoms with Gasteiger partial charge in [-0.2, -0.15) is 0 Å². The summed E-state index contributed by atoms with van der Waals surface area (Å²) >= 11 is 0. The highest BCUT2D eigenvalue weighted by Gasteiger charge is 2.22. The van der Waals surface area contributed by atoms with E-state index in [-0.39, 0.29) is 12.0 Å². The van der Waals surface area contributed by atoms with E-state index in [0.717, 1.165) is 38.1 Å². The Morgan fingerprint density at radius 2 is 2.42 bits per heavy atom. The molecule has 0 unspecified atom stereocenters. The first-order valence-corrected chi connectivity index (χ1v) is 7.21. The lowest BCUT2D eigenvalue weighted by atomic mass is 10.2. The molecule has 2 heterocycles. The topological polar surface area (TPSA) is 42.7 Å². The number of hydrogen-bond acceptors (Lipinski definition) is 3. The molecule has 0 aromatic carbocycles. The summed E-state index contributed by atoms with van der Waals surface area (Å²) in [5, 5.41) is 0. The van der Waals surface area contributed by atoms with Crippen LogP contribution >= 0.6 is 0 Å². The van der Waals surface area contributed by atoms with Gasteiger partial charge in [-0.3, -0.25) is 4.79 Å². The van der Waals surface area contributed by atoms with Gasteiger partial charge in [-0.25, -0.2) is 0 Å². The molecule has 19 heavy (non-hydrogen) atoms. The van der Waals surface area contributed by atoms with Crippen LogP contribution in [0.3, 0.4) is 0 Å². The molecule has 0 radical (unpaired) electrons. The molecule has 0 bridgehead atoms. The standard InChI is InChI=1S/C15H23NO3/c1-2-3-8-15(17)16(11-13-6-4-9-18-13)12-14-7-5-10-19-14/h4,6,9,14H,2-3,5,7-8,10-12H2,1H3/t14-/m0/s1. The molecule has 1 aromatic rings. The van der Waals surface area contributed by atoms with Crippen LogP contribution in [0.5, 0.6) is 0 Å². The molecule has 1 saturated heterocycles. The van der Waals surface area contributed by atoms with Gasteiger partial charge in [0.1, 0.15) is 5.76 Å². The van der Waals surface area contributed by atoms with E-state index in [9.17, 15) is 4.79 Å². The van der Waals surface area contributed by atoms with E-state index >= 15 is 0 Å². The van der Waals surface area contributed by atoms with E-state index in [1.54, 1.807) is 6.26 Å². The summed E-state index contributed by atoms with van der Waals surface area (Å²) in [5.74, 6) is 1.04. The molecule has 1 aromatic heterocycles. The summed E-state index contributed by atoms with van der Waals surface area (Å²) in [6.07, 6.45) is 6.60. The van der Waals surface area contributed by atoms with Crippen LogP contribution in [0.2, 0.25) is 0 Å². The maximum absolute atomic E-state index is 12.2. The number of carbonyl (C=O) groups is 1. The van der Waals surface area contributed by atoms with Gasteiger partial charge < -0.3 is 14.1 Å². The van der Waals surface area contributed by atoms with Crippen LogP contribution in [0.25, 0.3) is 0 Å². The molecule has 2 rings (SSSR count). The minimum Gasteiger partial charge on any atom is -0.467 e. The molecule has 1 fully saturated rings. The number of hydrogen-bond donors (Lipinski definition) is 0. The van der Waals surface area contributed by atoms with Gasteiger partial charge in [-0.15, -0.1) is 0 Å². The number of ether oxygens (including phenoxy) is 1. The van der Waals surface area contributed by atoms with E-state index in [1.807, 2.05) is 17.0 Å². The van der Waals surface area contributed by atoms with Gasteiger partial charge in [0.05, 0.1) is 18.9 Å². The number of nitrogens with zero attached hydrogens (tertiary/aromatic N) is 1. The van der Waals surface area contributed by atoms with Crippen LogP contribution < -0.4 is 0 Å². The largest absolute Gasteiger partial charge is 0.467 e. The Morgan fingerprint density at radius 1 is 1.53 bits per heavy atom. The van der Waals surface area contributed by atoms with Crippen molar-refractivity contribution < 1.29 is 13.9 Å². The zero-order valence-corrected chi connectivity index (χ0v) is 11.6. The van der Waals surface area contributed by atoms with Crippen LogP contribution in [0.15, 0.2) is 22.8 Å². The average molecular weight is 265 g/mol. The second-order valence-corrected chi connectivity index (χ2v) is 5.09. The van der Waals surface area contributed by atoms with Crippen molar-refractivity contribution in [3.8, 4) is 0 Å². The Hall–Kier alpha value is -1.29. The van der Waals surface area contributed by atoms with Gasteiger partial charge in [-0.1, -0.05) is 13.3 Å². The predicted octanol–water partition coefficient (Wildman–Crippen LogP) is 2.98. The highest BCUT2D eigenvalue weighted by atomic mass is 16.5. The van der Waals surface area contributed by atoms with Gasteiger partial charge in [-0.05, 0) is 31.4 Å². The molecule has 106 valence electrons. The monoisotopic (exact) mass is 265 g/mol. The van der Waals surface area contributed by atoms with Crippen LogP contribution in [-0.2, 0) is 16.1 Å². The van der Waals surface area contributed by atoms with Crippen LogP contribution in [0.4, 0.5) is 0 Å². The Bertz CT molecular complexity index is 369. The molecule has 0 spiro atoms. The van der Waals surface area contributed by atoms with Crippen molar-refractivity contribution in [1.82, 2.24) is 4.90 Å².